The molecule has 1 fully saturated rings. The lowest BCUT2D eigenvalue weighted by atomic mass is 9.96. The van der Waals surface area contributed by atoms with Crippen LogP contribution in [0.15, 0.2) is 12.7 Å². The number of amides is 2. The topological polar surface area (TPSA) is 174 Å². The Bertz CT molecular complexity index is 1070. The van der Waals surface area contributed by atoms with Crippen LogP contribution in [0, 0.1) is 5.92 Å². The highest BCUT2D eigenvalue weighted by Crippen LogP contribution is 2.24. The molecule has 0 saturated carbocycles. The lowest BCUT2D eigenvalue weighted by Gasteiger charge is -2.42. The molecular weight excluding hydrogens is 526 g/mol. The number of carbonyl (C=O) groups is 2. The van der Waals surface area contributed by atoms with E-state index in [2.05, 4.69) is 49.7 Å². The van der Waals surface area contributed by atoms with Crippen molar-refractivity contribution in [1.29, 1.82) is 0 Å². The first kappa shape index (κ1) is 32.7. The second kappa shape index (κ2) is 17.2. The smallest absolute Gasteiger partial charge is 0.239 e. The number of imidazole rings is 1. The third-order valence-corrected chi connectivity index (χ3v) is 7.61. The molecule has 5 unspecified atom stereocenters. The molecule has 1 saturated heterocycles. The molecule has 1 aliphatic rings. The quantitative estimate of drug-likeness (QED) is 0.146. The van der Waals surface area contributed by atoms with Crippen LogP contribution >= 0.6 is 0 Å². The third kappa shape index (κ3) is 10.8. The number of H-pyrrole nitrogens is 1. The van der Waals surface area contributed by atoms with Gasteiger partial charge in [0.15, 0.2) is 17.7 Å². The van der Waals surface area contributed by atoms with E-state index >= 15 is 0 Å². The molecule has 0 aromatic carbocycles. The highest BCUT2D eigenvalue weighted by Gasteiger charge is 2.43. The average molecular weight is 576 g/mol. The maximum absolute atomic E-state index is 12.5. The number of carbonyl (C=O) groups excluding carboxylic acids is 2. The van der Waals surface area contributed by atoms with Gasteiger partial charge in [0.05, 0.1) is 25.0 Å². The van der Waals surface area contributed by atoms with Gasteiger partial charge in [-0.15, -0.1) is 0 Å². The van der Waals surface area contributed by atoms with Crippen LogP contribution in [-0.2, 0) is 14.3 Å². The predicted octanol–water partition coefficient (Wildman–Crippen LogP) is 3.17. The predicted molar refractivity (Wildman–Crippen MR) is 157 cm³/mol. The van der Waals surface area contributed by atoms with E-state index in [4.69, 9.17) is 4.74 Å². The van der Waals surface area contributed by atoms with E-state index in [1.165, 1.54) is 64.0 Å². The van der Waals surface area contributed by atoms with Gasteiger partial charge in [-0.25, -0.2) is 15.0 Å². The summed E-state index contributed by atoms with van der Waals surface area (Å²) in [7, 11) is 0. The molecule has 41 heavy (non-hydrogen) atoms. The number of aromatic amines is 1. The molecule has 2 amide bonds. The molecule has 0 bridgehead atoms. The van der Waals surface area contributed by atoms with Gasteiger partial charge in [-0.2, -0.15) is 0 Å². The maximum atomic E-state index is 12.5. The molecule has 230 valence electrons. The number of hydrogen-bond acceptors (Lipinski definition) is 9. The molecule has 2 aromatic rings. The minimum Gasteiger partial charge on any atom is -0.388 e. The number of aliphatic hydroxyl groups is 2. The van der Waals surface area contributed by atoms with Crippen LogP contribution in [0.5, 0.6) is 0 Å². The second-order valence-corrected chi connectivity index (χ2v) is 11.5. The minimum absolute atomic E-state index is 0.172. The fourth-order valence-electron chi connectivity index (χ4n) is 5.15. The van der Waals surface area contributed by atoms with Gasteiger partial charge in [0.1, 0.15) is 24.1 Å². The summed E-state index contributed by atoms with van der Waals surface area (Å²) in [6.07, 6.45) is 12.3. The molecule has 3 rings (SSSR count). The Morgan fingerprint density at radius 2 is 1.59 bits per heavy atom. The molecule has 0 spiro atoms. The highest BCUT2D eigenvalue weighted by molar-refractivity contribution is 5.85. The zero-order chi connectivity index (χ0) is 29.6. The summed E-state index contributed by atoms with van der Waals surface area (Å²) < 4.78 is 5.85. The number of anilines is 1. The fourth-order valence-corrected chi connectivity index (χ4v) is 5.15. The largest absolute Gasteiger partial charge is 0.388 e. The first-order chi connectivity index (χ1) is 19.8. The van der Waals surface area contributed by atoms with Crippen LogP contribution in [0.4, 0.5) is 5.82 Å². The van der Waals surface area contributed by atoms with E-state index in [9.17, 15) is 19.8 Å². The Morgan fingerprint density at radius 3 is 2.27 bits per heavy atom. The molecule has 1 aliphatic heterocycles. The number of aliphatic hydroxyl groups excluding tert-OH is 2. The van der Waals surface area contributed by atoms with Crippen molar-refractivity contribution in [3.8, 4) is 0 Å². The number of nitrogens with one attached hydrogen (secondary N) is 4. The van der Waals surface area contributed by atoms with Crippen LogP contribution in [0.2, 0.25) is 0 Å². The van der Waals surface area contributed by atoms with Crippen molar-refractivity contribution >= 4 is 28.8 Å². The maximum Gasteiger partial charge on any atom is 0.239 e. The summed E-state index contributed by atoms with van der Waals surface area (Å²) in [5.74, 6) is 0.539. The molecule has 3 heterocycles. The van der Waals surface area contributed by atoms with Gasteiger partial charge >= 0.3 is 0 Å². The molecule has 0 radical (unpaired) electrons. The van der Waals surface area contributed by atoms with Crippen molar-refractivity contribution in [2.24, 2.45) is 5.92 Å². The van der Waals surface area contributed by atoms with Crippen LogP contribution in [0.25, 0.3) is 11.2 Å². The van der Waals surface area contributed by atoms with Crippen molar-refractivity contribution in [1.82, 2.24) is 30.6 Å². The Hall–Kier alpha value is -2.83. The number of ether oxygens (including phenoxy) is 1. The van der Waals surface area contributed by atoms with E-state index in [-0.39, 0.29) is 12.5 Å². The van der Waals surface area contributed by atoms with Gasteiger partial charge in [0.25, 0.3) is 0 Å². The summed E-state index contributed by atoms with van der Waals surface area (Å²) in [6, 6.07) is -0.856. The number of rotatable bonds is 18. The monoisotopic (exact) mass is 575 g/mol. The van der Waals surface area contributed by atoms with Crippen molar-refractivity contribution in [3.05, 3.63) is 12.7 Å². The first-order valence-electron chi connectivity index (χ1n) is 15.2. The van der Waals surface area contributed by atoms with Crippen molar-refractivity contribution in [2.75, 3.05) is 11.9 Å². The number of nitrogens with zero attached hydrogens (tertiary/aromatic N) is 3. The molecule has 0 aliphatic carbocycles. The zero-order valence-electron chi connectivity index (χ0n) is 24.8. The van der Waals surface area contributed by atoms with Gasteiger partial charge in [-0.1, -0.05) is 78.1 Å². The molecule has 12 heteroatoms. The van der Waals surface area contributed by atoms with Gasteiger partial charge in [0, 0.05) is 6.42 Å². The average Bonchev–Trinajstić information content (AvgIpc) is 3.43. The Kier molecular flexibility index (Phi) is 13.7. The number of hydrogen-bond donors (Lipinski definition) is 6. The van der Waals surface area contributed by atoms with E-state index < -0.39 is 36.5 Å². The lowest BCUT2D eigenvalue weighted by Crippen LogP contribution is -2.64. The van der Waals surface area contributed by atoms with Crippen LogP contribution < -0.4 is 16.0 Å². The molecular formula is C29H49N7O5. The van der Waals surface area contributed by atoms with E-state index in [1.807, 2.05) is 0 Å². The normalized spacial score (nSPS) is 22.6. The number of unbranched alkanes of at least 4 members (excludes halogenated alkanes) is 9. The second-order valence-electron chi connectivity index (χ2n) is 11.5. The summed E-state index contributed by atoms with van der Waals surface area (Å²) in [5, 5.41) is 29.7. The standard InChI is InChI=1S/C29H49N7O5/c1-19(2)14-12-10-8-6-4-5-7-9-11-13-15-21(37)30-16-22(38)35-23-20(3)41-29(26(40)25(23)39)36-28-24-27(32-17-31-24)33-18-34-28/h17-20,23,25-26,29,39-40H,4-16H2,1-3H3,(H,30,37)(H,35,38)(H2,31,32,33,34,36). The Morgan fingerprint density at radius 1 is 0.927 bits per heavy atom. The summed E-state index contributed by atoms with van der Waals surface area (Å²) in [6.45, 7) is 6.04. The number of aromatic nitrogens is 4. The third-order valence-electron chi connectivity index (χ3n) is 7.61. The summed E-state index contributed by atoms with van der Waals surface area (Å²) >= 11 is 0. The highest BCUT2D eigenvalue weighted by atomic mass is 16.5. The van der Waals surface area contributed by atoms with Crippen molar-refractivity contribution in [2.45, 2.75) is 128 Å². The van der Waals surface area contributed by atoms with E-state index in [0.717, 1.165) is 25.2 Å². The Labute approximate surface area is 242 Å². The number of fused-ring (bicyclic) bond motifs is 1. The van der Waals surface area contributed by atoms with Gasteiger partial charge in [-0.05, 0) is 19.3 Å². The lowest BCUT2D eigenvalue weighted by molar-refractivity contribution is -0.172. The van der Waals surface area contributed by atoms with E-state index in [0.29, 0.717) is 23.4 Å². The SMILES string of the molecule is CC(C)CCCCCCCCCCCCC(=O)NCC(=O)NC1C(C)OC(Nc2ncnc3nc[nH]c23)C(O)C1O. The van der Waals surface area contributed by atoms with Crippen molar-refractivity contribution in [3.63, 3.8) is 0 Å². The zero-order valence-corrected chi connectivity index (χ0v) is 24.8. The molecule has 2 aromatic heterocycles. The van der Waals surface area contributed by atoms with Crippen LogP contribution in [-0.4, -0.2) is 79.1 Å². The minimum atomic E-state index is -1.35. The van der Waals surface area contributed by atoms with Crippen molar-refractivity contribution < 1.29 is 24.5 Å². The van der Waals surface area contributed by atoms with Gasteiger partial charge < -0.3 is 35.9 Å². The van der Waals surface area contributed by atoms with Gasteiger partial charge in [0.2, 0.25) is 11.8 Å². The van der Waals surface area contributed by atoms with E-state index in [1.54, 1.807) is 6.92 Å². The van der Waals surface area contributed by atoms with Crippen LogP contribution in [0.1, 0.15) is 97.8 Å². The summed E-state index contributed by atoms with van der Waals surface area (Å²) in [5.41, 5.74) is 0.983. The summed E-state index contributed by atoms with van der Waals surface area (Å²) in [4.78, 5) is 39.8. The molecule has 12 nitrogen and oxygen atoms in total. The molecule has 6 N–H and O–H groups in total. The molecule has 5 atom stereocenters. The Balaban J connectivity index is 1.26. The van der Waals surface area contributed by atoms with Gasteiger partial charge in [-0.3, -0.25) is 9.59 Å². The van der Waals surface area contributed by atoms with Crippen LogP contribution in [0.3, 0.4) is 0 Å². The fraction of sp³-hybridized carbons (Fsp3) is 0.759. The first-order valence-corrected chi connectivity index (χ1v) is 15.2.